The van der Waals surface area contributed by atoms with Gasteiger partial charge in [0.1, 0.15) is 0 Å². The summed E-state index contributed by atoms with van der Waals surface area (Å²) in [5.41, 5.74) is -0.101. The molecule has 1 aliphatic rings. The van der Waals surface area contributed by atoms with Crippen molar-refractivity contribution in [3.8, 4) is 16.9 Å². The fourth-order valence-electron chi connectivity index (χ4n) is 3.17. The van der Waals surface area contributed by atoms with Crippen LogP contribution in [0.4, 0.5) is 13.2 Å². The van der Waals surface area contributed by atoms with Crippen molar-refractivity contribution in [2.24, 2.45) is 0 Å². The van der Waals surface area contributed by atoms with Crippen molar-refractivity contribution in [1.29, 1.82) is 0 Å². The molecule has 6 heteroatoms. The maximum absolute atomic E-state index is 14.4. The molecule has 0 amide bonds. The molecule has 0 atom stereocenters. The number of benzene rings is 2. The van der Waals surface area contributed by atoms with Crippen molar-refractivity contribution in [3.05, 3.63) is 53.6 Å². The van der Waals surface area contributed by atoms with Crippen LogP contribution in [-0.4, -0.2) is 25.5 Å². The van der Waals surface area contributed by atoms with Crippen molar-refractivity contribution in [2.45, 2.75) is 38.6 Å². The molecule has 3 nitrogen and oxygen atoms in total. The predicted molar refractivity (Wildman–Crippen MR) is 96.4 cm³/mol. The summed E-state index contributed by atoms with van der Waals surface area (Å²) in [6, 6.07) is 9.62. The number of ether oxygens (including phenoxy) is 3. The SMILES string of the molecule is CCCC1(F)COC(c2ccc(-c3ccc(OCC)c(F)c3F)cc2)OC1. The summed E-state index contributed by atoms with van der Waals surface area (Å²) in [5.74, 6) is -2.07. The molecule has 27 heavy (non-hydrogen) atoms. The van der Waals surface area contributed by atoms with Crippen LogP contribution >= 0.6 is 0 Å². The Labute approximate surface area is 157 Å². The minimum absolute atomic E-state index is 0.0218. The molecule has 0 radical (unpaired) electrons. The van der Waals surface area contributed by atoms with Crippen molar-refractivity contribution in [1.82, 2.24) is 0 Å². The van der Waals surface area contributed by atoms with Gasteiger partial charge in [-0.3, -0.25) is 0 Å². The Morgan fingerprint density at radius 3 is 2.26 bits per heavy atom. The lowest BCUT2D eigenvalue weighted by molar-refractivity contribution is -0.238. The predicted octanol–water partition coefficient (Wildman–Crippen LogP) is 5.58. The van der Waals surface area contributed by atoms with Gasteiger partial charge in [0.15, 0.2) is 23.5 Å². The minimum Gasteiger partial charge on any atom is -0.491 e. The highest BCUT2D eigenvalue weighted by molar-refractivity contribution is 5.65. The van der Waals surface area contributed by atoms with Gasteiger partial charge in [0.25, 0.3) is 0 Å². The van der Waals surface area contributed by atoms with E-state index in [2.05, 4.69) is 0 Å². The zero-order valence-electron chi connectivity index (χ0n) is 15.4. The monoisotopic (exact) mass is 380 g/mol. The van der Waals surface area contributed by atoms with Crippen LogP contribution in [0.15, 0.2) is 36.4 Å². The smallest absolute Gasteiger partial charge is 0.201 e. The largest absolute Gasteiger partial charge is 0.491 e. The molecule has 0 N–H and O–H groups in total. The molecule has 0 saturated carbocycles. The standard InChI is InChI=1S/C21H23F3O3/c1-3-11-21(24)12-26-20(27-13-21)15-7-5-14(6-8-15)16-9-10-17(25-4-2)19(23)18(16)22/h5-10,20H,3-4,11-13H2,1-2H3. The Balaban J connectivity index is 1.74. The molecule has 146 valence electrons. The minimum atomic E-state index is -1.45. The lowest BCUT2D eigenvalue weighted by Crippen LogP contribution is -2.41. The van der Waals surface area contributed by atoms with E-state index in [1.54, 1.807) is 31.2 Å². The maximum atomic E-state index is 14.4. The molecule has 0 spiro atoms. The van der Waals surface area contributed by atoms with Gasteiger partial charge in [0, 0.05) is 11.1 Å². The van der Waals surface area contributed by atoms with E-state index in [1.165, 1.54) is 12.1 Å². The van der Waals surface area contributed by atoms with Crippen molar-refractivity contribution < 1.29 is 27.4 Å². The van der Waals surface area contributed by atoms with Crippen molar-refractivity contribution >= 4 is 0 Å². The van der Waals surface area contributed by atoms with Crippen molar-refractivity contribution in [3.63, 3.8) is 0 Å². The second-order valence-electron chi connectivity index (χ2n) is 6.65. The Kier molecular flexibility index (Phi) is 6.07. The molecular formula is C21H23F3O3. The highest BCUT2D eigenvalue weighted by atomic mass is 19.2. The second-order valence-corrected chi connectivity index (χ2v) is 6.65. The van der Waals surface area contributed by atoms with E-state index >= 15 is 0 Å². The number of hydrogen-bond acceptors (Lipinski definition) is 3. The van der Waals surface area contributed by atoms with Gasteiger partial charge in [-0.2, -0.15) is 4.39 Å². The third-order valence-corrected chi connectivity index (χ3v) is 4.53. The first-order valence-electron chi connectivity index (χ1n) is 9.10. The average molecular weight is 380 g/mol. The molecule has 0 aliphatic carbocycles. The average Bonchev–Trinajstić information content (AvgIpc) is 2.67. The van der Waals surface area contributed by atoms with Crippen LogP contribution in [0.3, 0.4) is 0 Å². The Bertz CT molecular complexity index is 769. The zero-order valence-corrected chi connectivity index (χ0v) is 15.4. The normalized spacial score (nSPS) is 22.6. The zero-order chi connectivity index (χ0) is 19.4. The second kappa shape index (κ2) is 8.31. The van der Waals surface area contributed by atoms with E-state index in [1.807, 2.05) is 6.92 Å². The van der Waals surface area contributed by atoms with Gasteiger partial charge in [-0.15, -0.1) is 0 Å². The summed E-state index contributed by atoms with van der Waals surface area (Å²) in [6.07, 6.45) is 0.440. The molecule has 0 bridgehead atoms. The third kappa shape index (κ3) is 4.28. The van der Waals surface area contributed by atoms with Gasteiger partial charge in [-0.25, -0.2) is 8.78 Å². The van der Waals surface area contributed by atoms with Crippen LogP contribution in [-0.2, 0) is 9.47 Å². The third-order valence-electron chi connectivity index (χ3n) is 4.53. The van der Waals surface area contributed by atoms with Crippen molar-refractivity contribution in [2.75, 3.05) is 19.8 Å². The molecule has 0 unspecified atom stereocenters. The fraction of sp³-hybridized carbons (Fsp3) is 0.429. The molecule has 3 rings (SSSR count). The Morgan fingerprint density at radius 2 is 1.67 bits per heavy atom. The van der Waals surface area contributed by atoms with Crippen LogP contribution in [0.2, 0.25) is 0 Å². The van der Waals surface area contributed by atoms with E-state index < -0.39 is 23.6 Å². The molecule has 1 fully saturated rings. The summed E-state index contributed by atoms with van der Waals surface area (Å²) in [5, 5.41) is 0. The lowest BCUT2D eigenvalue weighted by Gasteiger charge is -2.34. The molecular weight excluding hydrogens is 357 g/mol. The van der Waals surface area contributed by atoms with Gasteiger partial charge in [0.05, 0.1) is 19.8 Å². The van der Waals surface area contributed by atoms with E-state index in [0.717, 1.165) is 0 Å². The van der Waals surface area contributed by atoms with Gasteiger partial charge in [0.2, 0.25) is 5.82 Å². The Hall–Kier alpha value is -2.05. The van der Waals surface area contributed by atoms with Gasteiger partial charge in [-0.1, -0.05) is 37.6 Å². The van der Waals surface area contributed by atoms with Crippen LogP contribution in [0.5, 0.6) is 5.75 Å². The van der Waals surface area contributed by atoms with Crippen LogP contribution < -0.4 is 4.74 Å². The lowest BCUT2D eigenvalue weighted by atomic mass is 10.0. The number of hydrogen-bond donors (Lipinski definition) is 0. The van der Waals surface area contributed by atoms with E-state index in [-0.39, 0.29) is 31.1 Å². The topological polar surface area (TPSA) is 27.7 Å². The quantitative estimate of drug-likeness (QED) is 0.654. The van der Waals surface area contributed by atoms with E-state index in [0.29, 0.717) is 24.0 Å². The maximum Gasteiger partial charge on any atom is 0.201 e. The molecule has 1 heterocycles. The Morgan fingerprint density at radius 1 is 1.00 bits per heavy atom. The first-order chi connectivity index (χ1) is 13.0. The summed E-state index contributed by atoms with van der Waals surface area (Å²) in [6.45, 7) is 3.83. The molecule has 1 aliphatic heterocycles. The highest BCUT2D eigenvalue weighted by Gasteiger charge is 2.36. The molecule has 1 saturated heterocycles. The number of rotatable bonds is 6. The number of alkyl halides is 1. The first-order valence-corrected chi connectivity index (χ1v) is 9.10. The van der Waals surface area contributed by atoms with Gasteiger partial charge < -0.3 is 14.2 Å². The van der Waals surface area contributed by atoms with Crippen LogP contribution in [0, 0.1) is 11.6 Å². The molecule has 2 aromatic rings. The summed E-state index contributed by atoms with van der Waals surface area (Å²) in [7, 11) is 0. The van der Waals surface area contributed by atoms with Gasteiger partial charge >= 0.3 is 0 Å². The van der Waals surface area contributed by atoms with Gasteiger partial charge in [-0.05, 0) is 31.0 Å². The summed E-state index contributed by atoms with van der Waals surface area (Å²) in [4.78, 5) is 0. The first kappa shape index (κ1) is 19.7. The highest BCUT2D eigenvalue weighted by Crippen LogP contribution is 2.34. The molecule has 2 aromatic carbocycles. The fourth-order valence-corrected chi connectivity index (χ4v) is 3.17. The summed E-state index contributed by atoms with van der Waals surface area (Å²) < 4.78 is 58.9. The number of halogens is 3. The van der Waals surface area contributed by atoms with Crippen LogP contribution in [0.25, 0.3) is 11.1 Å². The van der Waals surface area contributed by atoms with Crippen LogP contribution in [0.1, 0.15) is 38.5 Å². The van der Waals surface area contributed by atoms with E-state index in [4.69, 9.17) is 14.2 Å². The van der Waals surface area contributed by atoms with E-state index in [9.17, 15) is 13.2 Å². The summed E-state index contributed by atoms with van der Waals surface area (Å²) >= 11 is 0. The molecule has 0 aromatic heterocycles.